The third-order valence-electron chi connectivity index (χ3n) is 2.31. The number of aromatic carboxylic acids is 1. The van der Waals surface area contributed by atoms with E-state index in [9.17, 15) is 19.3 Å². The van der Waals surface area contributed by atoms with Crippen molar-refractivity contribution in [1.29, 1.82) is 0 Å². The number of nitro groups is 1. The first kappa shape index (κ1) is 13.4. The van der Waals surface area contributed by atoms with E-state index in [1.54, 1.807) is 0 Å². The summed E-state index contributed by atoms with van der Waals surface area (Å²) >= 11 is 0. The van der Waals surface area contributed by atoms with Gasteiger partial charge in [0, 0.05) is 6.07 Å². The monoisotopic (exact) mass is 278 g/mol. The lowest BCUT2D eigenvalue weighted by atomic mass is 10.2. The van der Waals surface area contributed by atoms with Crippen LogP contribution in [-0.4, -0.2) is 21.0 Å². The second-order valence-corrected chi connectivity index (χ2v) is 3.66. The zero-order valence-electron chi connectivity index (χ0n) is 9.82. The molecule has 0 radical (unpaired) electrons. The molecule has 0 aliphatic rings. The van der Waals surface area contributed by atoms with Crippen LogP contribution in [0.15, 0.2) is 36.5 Å². The SMILES string of the molecule is O=C(O)c1cc([N+](=O)[O-])cnc1Oc1ccc(F)cc1. The van der Waals surface area contributed by atoms with Crippen LogP contribution in [0, 0.1) is 15.9 Å². The van der Waals surface area contributed by atoms with Gasteiger partial charge in [-0.25, -0.2) is 14.2 Å². The maximum absolute atomic E-state index is 12.7. The third kappa shape index (κ3) is 2.86. The fraction of sp³-hybridized carbons (Fsp3) is 0. The topological polar surface area (TPSA) is 103 Å². The number of hydrogen-bond donors (Lipinski definition) is 1. The molecule has 0 saturated carbocycles. The number of rotatable bonds is 4. The van der Waals surface area contributed by atoms with E-state index in [4.69, 9.17) is 9.84 Å². The van der Waals surface area contributed by atoms with Crippen LogP contribution >= 0.6 is 0 Å². The average Bonchev–Trinajstić information content (AvgIpc) is 2.41. The Kier molecular flexibility index (Phi) is 3.56. The van der Waals surface area contributed by atoms with Crippen molar-refractivity contribution >= 4 is 11.7 Å². The van der Waals surface area contributed by atoms with E-state index >= 15 is 0 Å². The Labute approximate surface area is 111 Å². The molecule has 0 aliphatic carbocycles. The third-order valence-corrected chi connectivity index (χ3v) is 2.31. The molecule has 1 N–H and O–H groups in total. The van der Waals surface area contributed by atoms with Gasteiger partial charge in [-0.3, -0.25) is 10.1 Å². The first-order chi connectivity index (χ1) is 9.47. The number of carboxylic acid groups (broad SMARTS) is 1. The van der Waals surface area contributed by atoms with E-state index < -0.39 is 28.0 Å². The summed E-state index contributed by atoms with van der Waals surface area (Å²) in [5.74, 6) is -2.05. The average molecular weight is 278 g/mol. The molecule has 1 heterocycles. The van der Waals surface area contributed by atoms with Gasteiger partial charge in [0.2, 0.25) is 5.88 Å². The molecule has 0 amide bonds. The lowest BCUT2D eigenvalue weighted by Gasteiger charge is -2.07. The molecule has 102 valence electrons. The minimum Gasteiger partial charge on any atom is -0.477 e. The molecule has 8 heteroatoms. The van der Waals surface area contributed by atoms with E-state index in [0.29, 0.717) is 0 Å². The summed E-state index contributed by atoms with van der Waals surface area (Å²) in [6.45, 7) is 0. The van der Waals surface area contributed by atoms with E-state index in [1.165, 1.54) is 12.1 Å². The van der Waals surface area contributed by atoms with Crippen molar-refractivity contribution in [2.75, 3.05) is 0 Å². The van der Waals surface area contributed by atoms with Crippen molar-refractivity contribution in [2.24, 2.45) is 0 Å². The molecule has 0 saturated heterocycles. The van der Waals surface area contributed by atoms with Crippen molar-refractivity contribution in [2.45, 2.75) is 0 Å². The molecule has 1 aromatic carbocycles. The van der Waals surface area contributed by atoms with Gasteiger partial charge in [0.25, 0.3) is 5.69 Å². The van der Waals surface area contributed by atoms with Gasteiger partial charge in [0.05, 0.1) is 4.92 Å². The van der Waals surface area contributed by atoms with Gasteiger partial charge < -0.3 is 9.84 Å². The van der Waals surface area contributed by atoms with Crippen LogP contribution < -0.4 is 4.74 Å². The summed E-state index contributed by atoms with van der Waals surface area (Å²) in [6, 6.07) is 5.66. The summed E-state index contributed by atoms with van der Waals surface area (Å²) in [7, 11) is 0. The number of benzene rings is 1. The molecule has 0 bridgehead atoms. The zero-order valence-corrected chi connectivity index (χ0v) is 9.82. The van der Waals surface area contributed by atoms with Crippen LogP contribution in [0.5, 0.6) is 11.6 Å². The van der Waals surface area contributed by atoms with Gasteiger partial charge in [0.15, 0.2) is 0 Å². The lowest BCUT2D eigenvalue weighted by Crippen LogP contribution is -2.03. The van der Waals surface area contributed by atoms with Crippen LogP contribution in [0.3, 0.4) is 0 Å². The highest BCUT2D eigenvalue weighted by Crippen LogP contribution is 2.26. The molecule has 0 atom stereocenters. The Morgan fingerprint density at radius 3 is 2.55 bits per heavy atom. The maximum Gasteiger partial charge on any atom is 0.341 e. The molecule has 0 fully saturated rings. The summed E-state index contributed by atoms with van der Waals surface area (Å²) in [5.41, 5.74) is -0.919. The van der Waals surface area contributed by atoms with Gasteiger partial charge >= 0.3 is 5.97 Å². The van der Waals surface area contributed by atoms with Gasteiger partial charge in [-0.05, 0) is 24.3 Å². The van der Waals surface area contributed by atoms with Gasteiger partial charge in [-0.2, -0.15) is 0 Å². The Morgan fingerprint density at radius 1 is 1.35 bits per heavy atom. The highest BCUT2D eigenvalue weighted by atomic mass is 19.1. The molecule has 2 rings (SSSR count). The number of pyridine rings is 1. The molecule has 20 heavy (non-hydrogen) atoms. The fourth-order valence-corrected chi connectivity index (χ4v) is 1.39. The van der Waals surface area contributed by atoms with E-state index in [-0.39, 0.29) is 11.6 Å². The van der Waals surface area contributed by atoms with E-state index in [0.717, 1.165) is 24.4 Å². The van der Waals surface area contributed by atoms with Crippen LogP contribution in [-0.2, 0) is 0 Å². The predicted octanol–water partition coefficient (Wildman–Crippen LogP) is 2.62. The standard InChI is InChI=1S/C12H7FN2O5/c13-7-1-3-9(4-2-7)20-11-10(12(16)17)5-8(6-14-11)15(18)19/h1-6H,(H,16,17). The van der Waals surface area contributed by atoms with Crippen molar-refractivity contribution in [3.63, 3.8) is 0 Å². The van der Waals surface area contributed by atoms with Gasteiger partial charge in [-0.15, -0.1) is 0 Å². The number of hydrogen-bond acceptors (Lipinski definition) is 5. The van der Waals surface area contributed by atoms with Crippen molar-refractivity contribution in [3.05, 3.63) is 58.0 Å². The number of carboxylic acids is 1. The number of carbonyl (C=O) groups is 1. The fourth-order valence-electron chi connectivity index (χ4n) is 1.39. The second kappa shape index (κ2) is 5.31. The Morgan fingerprint density at radius 2 is 2.00 bits per heavy atom. The van der Waals surface area contributed by atoms with Gasteiger partial charge in [-0.1, -0.05) is 0 Å². The Hall–Kier alpha value is -3.03. The summed E-state index contributed by atoms with van der Waals surface area (Å²) < 4.78 is 17.9. The van der Waals surface area contributed by atoms with Gasteiger partial charge in [0.1, 0.15) is 23.3 Å². The molecular formula is C12H7FN2O5. The van der Waals surface area contributed by atoms with Crippen molar-refractivity contribution in [1.82, 2.24) is 4.98 Å². The highest BCUT2D eigenvalue weighted by Gasteiger charge is 2.19. The maximum atomic E-state index is 12.7. The normalized spacial score (nSPS) is 10.1. The second-order valence-electron chi connectivity index (χ2n) is 3.66. The number of aromatic nitrogens is 1. The van der Waals surface area contributed by atoms with Crippen LogP contribution in [0.25, 0.3) is 0 Å². The van der Waals surface area contributed by atoms with E-state index in [2.05, 4.69) is 4.98 Å². The first-order valence-corrected chi connectivity index (χ1v) is 5.28. The summed E-state index contributed by atoms with van der Waals surface area (Å²) in [4.78, 5) is 24.4. The smallest absolute Gasteiger partial charge is 0.341 e. The van der Waals surface area contributed by atoms with Crippen LogP contribution in [0.1, 0.15) is 10.4 Å². The lowest BCUT2D eigenvalue weighted by molar-refractivity contribution is -0.385. The van der Waals surface area contributed by atoms with Crippen molar-refractivity contribution < 1.29 is 24.0 Å². The molecule has 7 nitrogen and oxygen atoms in total. The number of halogens is 1. The Bertz CT molecular complexity index is 672. The minimum absolute atomic E-state index is 0.162. The molecule has 0 spiro atoms. The Balaban J connectivity index is 2.38. The molecular weight excluding hydrogens is 271 g/mol. The number of ether oxygens (including phenoxy) is 1. The first-order valence-electron chi connectivity index (χ1n) is 5.28. The van der Waals surface area contributed by atoms with Crippen molar-refractivity contribution in [3.8, 4) is 11.6 Å². The minimum atomic E-state index is -1.42. The quantitative estimate of drug-likeness (QED) is 0.681. The molecule has 0 unspecified atom stereocenters. The van der Waals surface area contributed by atoms with Crippen LogP contribution in [0.2, 0.25) is 0 Å². The highest BCUT2D eigenvalue weighted by molar-refractivity contribution is 5.91. The summed E-state index contributed by atoms with van der Waals surface area (Å²) in [5, 5.41) is 19.6. The van der Waals surface area contributed by atoms with E-state index in [1.807, 2.05) is 0 Å². The van der Waals surface area contributed by atoms with Crippen LogP contribution in [0.4, 0.5) is 10.1 Å². The predicted molar refractivity (Wildman–Crippen MR) is 64.3 cm³/mol. The number of nitrogens with zero attached hydrogens (tertiary/aromatic N) is 2. The molecule has 2 aromatic rings. The zero-order chi connectivity index (χ0) is 14.7. The molecule has 0 aliphatic heterocycles. The molecule has 1 aromatic heterocycles. The largest absolute Gasteiger partial charge is 0.477 e. The summed E-state index contributed by atoms with van der Waals surface area (Å²) in [6.07, 6.45) is 0.880.